The van der Waals surface area contributed by atoms with Gasteiger partial charge in [-0.1, -0.05) is 19.1 Å². The Balaban J connectivity index is 1.89. The number of fused-ring (bicyclic) bond motifs is 1. The number of likely N-dealkylation sites (N-methyl/N-ethyl adjacent to an activating group) is 1. The van der Waals surface area contributed by atoms with Crippen LogP contribution in [-0.4, -0.2) is 26.0 Å². The molecule has 0 aromatic heterocycles. The molecule has 0 saturated carbocycles. The van der Waals surface area contributed by atoms with Crippen LogP contribution in [-0.2, 0) is 17.6 Å². The van der Waals surface area contributed by atoms with Crippen LogP contribution in [0.5, 0.6) is 0 Å². The monoisotopic (exact) mass is 246 g/mol. The van der Waals surface area contributed by atoms with Crippen molar-refractivity contribution in [2.45, 2.75) is 32.6 Å². The van der Waals surface area contributed by atoms with E-state index in [9.17, 15) is 4.79 Å². The predicted molar refractivity (Wildman–Crippen MR) is 75.0 cm³/mol. The molecular weight excluding hydrogens is 224 g/mol. The number of carbonyl (C=O) groups excluding carboxylic acids is 1. The Bertz CT molecular complexity index is 429. The lowest BCUT2D eigenvalue weighted by Crippen LogP contribution is -2.20. The quantitative estimate of drug-likeness (QED) is 0.780. The van der Waals surface area contributed by atoms with Gasteiger partial charge in [-0.3, -0.25) is 4.79 Å². The summed E-state index contributed by atoms with van der Waals surface area (Å²) in [4.78, 5) is 13.3. The Morgan fingerprint density at radius 3 is 2.94 bits per heavy atom. The first-order valence-electron chi connectivity index (χ1n) is 6.81. The van der Waals surface area contributed by atoms with E-state index in [2.05, 4.69) is 30.4 Å². The van der Waals surface area contributed by atoms with Crippen molar-refractivity contribution in [2.24, 2.45) is 0 Å². The van der Waals surface area contributed by atoms with E-state index in [0.717, 1.165) is 25.2 Å². The standard InChI is InChI=1S/C15H22N2O/c1-3-16-9-5-4-6-12-7-8-14-13(10-12)11-15(18)17(14)2/h7-8,10,16H,3-6,9,11H2,1-2H3. The lowest BCUT2D eigenvalue weighted by molar-refractivity contribution is -0.117. The zero-order chi connectivity index (χ0) is 13.0. The molecule has 0 unspecified atom stereocenters. The number of anilines is 1. The van der Waals surface area contributed by atoms with Gasteiger partial charge in [-0.15, -0.1) is 0 Å². The van der Waals surface area contributed by atoms with Crippen LogP contribution in [0.4, 0.5) is 5.69 Å². The first-order chi connectivity index (χ1) is 8.72. The van der Waals surface area contributed by atoms with E-state index in [-0.39, 0.29) is 5.91 Å². The maximum Gasteiger partial charge on any atom is 0.231 e. The first kappa shape index (κ1) is 13.1. The lowest BCUT2D eigenvalue weighted by atomic mass is 10.0. The minimum atomic E-state index is 0.203. The zero-order valence-electron chi connectivity index (χ0n) is 11.3. The van der Waals surface area contributed by atoms with Crippen molar-refractivity contribution < 1.29 is 4.79 Å². The van der Waals surface area contributed by atoms with Crippen molar-refractivity contribution in [2.75, 3.05) is 25.0 Å². The van der Waals surface area contributed by atoms with Crippen LogP contribution >= 0.6 is 0 Å². The van der Waals surface area contributed by atoms with E-state index < -0.39 is 0 Å². The predicted octanol–water partition coefficient (Wildman–Crippen LogP) is 2.14. The van der Waals surface area contributed by atoms with Gasteiger partial charge in [-0.25, -0.2) is 0 Å². The summed E-state index contributed by atoms with van der Waals surface area (Å²) in [7, 11) is 1.85. The number of benzene rings is 1. The van der Waals surface area contributed by atoms with E-state index in [0.29, 0.717) is 6.42 Å². The second-order valence-electron chi connectivity index (χ2n) is 4.90. The smallest absolute Gasteiger partial charge is 0.231 e. The van der Waals surface area contributed by atoms with Crippen molar-refractivity contribution in [3.05, 3.63) is 29.3 Å². The van der Waals surface area contributed by atoms with Crippen molar-refractivity contribution in [1.29, 1.82) is 0 Å². The molecule has 98 valence electrons. The average molecular weight is 246 g/mol. The molecular formula is C15H22N2O. The van der Waals surface area contributed by atoms with Crippen LogP contribution in [0.2, 0.25) is 0 Å². The third-order valence-corrected chi connectivity index (χ3v) is 3.54. The number of hydrogen-bond donors (Lipinski definition) is 1. The Morgan fingerprint density at radius 1 is 1.33 bits per heavy atom. The third kappa shape index (κ3) is 2.91. The largest absolute Gasteiger partial charge is 0.317 e. The highest BCUT2D eigenvalue weighted by Crippen LogP contribution is 2.28. The first-order valence-corrected chi connectivity index (χ1v) is 6.81. The molecule has 1 N–H and O–H groups in total. The zero-order valence-corrected chi connectivity index (χ0v) is 11.3. The number of nitrogens with one attached hydrogen (secondary N) is 1. The minimum absolute atomic E-state index is 0.203. The van der Waals surface area contributed by atoms with E-state index >= 15 is 0 Å². The van der Waals surface area contributed by atoms with E-state index in [4.69, 9.17) is 0 Å². The van der Waals surface area contributed by atoms with Crippen molar-refractivity contribution in [3.8, 4) is 0 Å². The molecule has 0 aliphatic carbocycles. The fourth-order valence-corrected chi connectivity index (χ4v) is 2.43. The molecule has 1 aromatic rings. The van der Waals surface area contributed by atoms with Crippen LogP contribution in [0.25, 0.3) is 0 Å². The van der Waals surface area contributed by atoms with Gasteiger partial charge >= 0.3 is 0 Å². The van der Waals surface area contributed by atoms with Gasteiger partial charge < -0.3 is 10.2 Å². The number of aryl methyl sites for hydroxylation is 1. The van der Waals surface area contributed by atoms with E-state index in [1.54, 1.807) is 4.90 Å². The number of rotatable bonds is 6. The minimum Gasteiger partial charge on any atom is -0.317 e. The second kappa shape index (κ2) is 6.01. The number of amides is 1. The molecule has 1 aromatic carbocycles. The van der Waals surface area contributed by atoms with Gasteiger partial charge in [0.1, 0.15) is 0 Å². The average Bonchev–Trinajstić information content (AvgIpc) is 2.65. The maximum absolute atomic E-state index is 11.6. The molecule has 2 rings (SSSR count). The summed E-state index contributed by atoms with van der Waals surface area (Å²) in [6.07, 6.45) is 4.09. The lowest BCUT2D eigenvalue weighted by Gasteiger charge is -2.10. The number of nitrogens with zero attached hydrogens (tertiary/aromatic N) is 1. The Morgan fingerprint density at radius 2 is 2.17 bits per heavy atom. The number of carbonyl (C=O) groups is 1. The highest BCUT2D eigenvalue weighted by Gasteiger charge is 2.23. The highest BCUT2D eigenvalue weighted by atomic mass is 16.2. The van der Waals surface area contributed by atoms with Crippen LogP contribution < -0.4 is 10.2 Å². The van der Waals surface area contributed by atoms with Crippen LogP contribution in [0.3, 0.4) is 0 Å². The summed E-state index contributed by atoms with van der Waals surface area (Å²) in [6.45, 7) is 4.28. The molecule has 1 aliphatic heterocycles. The van der Waals surface area contributed by atoms with E-state index in [1.165, 1.54) is 24.0 Å². The Kier molecular flexibility index (Phi) is 4.37. The second-order valence-corrected chi connectivity index (χ2v) is 4.90. The molecule has 0 fully saturated rings. The van der Waals surface area contributed by atoms with Crippen LogP contribution in [0, 0.1) is 0 Å². The van der Waals surface area contributed by atoms with Crippen molar-refractivity contribution >= 4 is 11.6 Å². The fourth-order valence-electron chi connectivity index (χ4n) is 2.43. The third-order valence-electron chi connectivity index (χ3n) is 3.54. The van der Waals surface area contributed by atoms with Crippen LogP contribution in [0.1, 0.15) is 30.9 Å². The van der Waals surface area contributed by atoms with Gasteiger partial charge in [0.2, 0.25) is 5.91 Å². The van der Waals surface area contributed by atoms with Crippen molar-refractivity contribution in [1.82, 2.24) is 5.32 Å². The number of unbranched alkanes of at least 4 members (excludes halogenated alkanes) is 1. The molecule has 0 saturated heterocycles. The SMILES string of the molecule is CCNCCCCc1ccc2c(c1)CC(=O)N2C. The van der Waals surface area contributed by atoms with E-state index in [1.807, 2.05) is 7.05 Å². The Labute approximate surface area is 109 Å². The van der Waals surface area contributed by atoms with Gasteiger partial charge in [0, 0.05) is 12.7 Å². The summed E-state index contributed by atoms with van der Waals surface area (Å²) in [5.41, 5.74) is 3.62. The maximum atomic E-state index is 11.6. The normalized spacial score (nSPS) is 14.1. The summed E-state index contributed by atoms with van der Waals surface area (Å²) >= 11 is 0. The molecule has 1 aliphatic rings. The van der Waals surface area contributed by atoms with Crippen LogP contribution in [0.15, 0.2) is 18.2 Å². The van der Waals surface area contributed by atoms with Gasteiger partial charge in [-0.05, 0) is 49.5 Å². The fraction of sp³-hybridized carbons (Fsp3) is 0.533. The molecule has 3 heteroatoms. The number of hydrogen-bond acceptors (Lipinski definition) is 2. The molecule has 0 atom stereocenters. The summed E-state index contributed by atoms with van der Waals surface area (Å²) in [5.74, 6) is 0.203. The van der Waals surface area contributed by atoms with Gasteiger partial charge in [0.15, 0.2) is 0 Å². The summed E-state index contributed by atoms with van der Waals surface area (Å²) in [5, 5.41) is 3.34. The highest BCUT2D eigenvalue weighted by molar-refractivity contribution is 6.00. The summed E-state index contributed by atoms with van der Waals surface area (Å²) in [6, 6.07) is 6.44. The van der Waals surface area contributed by atoms with Crippen molar-refractivity contribution in [3.63, 3.8) is 0 Å². The molecule has 1 heterocycles. The van der Waals surface area contributed by atoms with Gasteiger partial charge in [0.25, 0.3) is 0 Å². The van der Waals surface area contributed by atoms with Gasteiger partial charge in [0.05, 0.1) is 6.42 Å². The molecule has 18 heavy (non-hydrogen) atoms. The molecule has 0 radical (unpaired) electrons. The Hall–Kier alpha value is -1.35. The molecule has 3 nitrogen and oxygen atoms in total. The van der Waals surface area contributed by atoms with Gasteiger partial charge in [-0.2, -0.15) is 0 Å². The molecule has 0 spiro atoms. The topological polar surface area (TPSA) is 32.3 Å². The molecule has 0 bridgehead atoms. The molecule has 1 amide bonds. The summed E-state index contributed by atoms with van der Waals surface area (Å²) < 4.78 is 0.